The van der Waals surface area contributed by atoms with Gasteiger partial charge < -0.3 is 20.0 Å². The average Bonchev–Trinajstić information content (AvgIpc) is 2.28. The van der Waals surface area contributed by atoms with Gasteiger partial charge in [0.2, 0.25) is 0 Å². The fraction of sp³-hybridized carbons (Fsp3) is 0.385. The molecular weight excluding hydrogens is 257 g/mol. The number of carboxylic acids is 1. The van der Waals surface area contributed by atoms with Gasteiger partial charge in [-0.1, -0.05) is 18.6 Å². The van der Waals surface area contributed by atoms with Crippen LogP contribution in [0.25, 0.3) is 0 Å². The second kappa shape index (κ2) is 9.69. The minimum atomic E-state index is -1.15. The molecule has 5 heteroatoms. The van der Waals surface area contributed by atoms with Crippen LogP contribution < -0.4 is 61.8 Å². The molecule has 0 aliphatic heterocycles. The van der Waals surface area contributed by atoms with E-state index < -0.39 is 5.97 Å². The van der Waals surface area contributed by atoms with Crippen molar-refractivity contribution < 1.29 is 66.1 Å². The summed E-state index contributed by atoms with van der Waals surface area (Å²) in [7, 11) is 1.77. The van der Waals surface area contributed by atoms with Crippen LogP contribution in [-0.4, -0.2) is 19.3 Å². The van der Waals surface area contributed by atoms with E-state index >= 15 is 0 Å². The molecule has 0 unspecified atom stereocenters. The monoisotopic (exact) mass is 273 g/mol. The molecule has 92 valence electrons. The molecule has 0 heterocycles. The molecule has 18 heavy (non-hydrogen) atoms. The number of carbonyl (C=O) groups excluding carboxylic acids is 2. The summed E-state index contributed by atoms with van der Waals surface area (Å²) in [5.41, 5.74) is 1.08. The zero-order chi connectivity index (χ0) is 12.7. The molecule has 1 N–H and O–H groups in total. The molecule has 1 aliphatic carbocycles. The Kier molecular flexibility index (Phi) is 9.58. The van der Waals surface area contributed by atoms with Crippen LogP contribution in [-0.2, 0) is 4.79 Å². The first kappa shape index (κ1) is 17.8. The molecule has 0 bridgehead atoms. The zero-order valence-corrected chi connectivity index (χ0v) is 13.9. The largest absolute Gasteiger partial charge is 1.00 e. The molecule has 1 aliphatic rings. The van der Waals surface area contributed by atoms with Gasteiger partial charge in [-0.25, -0.2) is 0 Å². The van der Waals surface area contributed by atoms with Crippen molar-refractivity contribution in [2.24, 2.45) is 5.92 Å². The molecule has 2 rings (SSSR count). The van der Waals surface area contributed by atoms with Gasteiger partial charge in [0, 0.05) is 18.7 Å². The summed E-state index contributed by atoms with van der Waals surface area (Å²) in [5.74, 6) is -0.711. The van der Waals surface area contributed by atoms with Gasteiger partial charge >= 0.3 is 51.4 Å². The average molecular weight is 273 g/mol. The Balaban J connectivity index is 0.000000352. The Morgan fingerprint density at radius 3 is 2.11 bits per heavy atom. The summed E-state index contributed by atoms with van der Waals surface area (Å²) in [6, 6.07) is 6.37. The maximum absolute atomic E-state index is 10.3. The zero-order valence-electron chi connectivity index (χ0n) is 10.8. The fourth-order valence-electron chi connectivity index (χ4n) is 1.35. The maximum atomic E-state index is 10.3. The Morgan fingerprint density at radius 1 is 1.33 bits per heavy atom. The molecule has 1 fully saturated rings. The van der Waals surface area contributed by atoms with Crippen molar-refractivity contribution in [3.05, 3.63) is 29.8 Å². The smallest absolute Gasteiger partial charge is 0.545 e. The predicted molar refractivity (Wildman–Crippen MR) is 63.7 cm³/mol. The Hall–Kier alpha value is -0.204. The van der Waals surface area contributed by atoms with Gasteiger partial charge in [0.25, 0.3) is 0 Å². The van der Waals surface area contributed by atoms with Gasteiger partial charge in [-0.05, 0) is 30.5 Å². The minimum absolute atomic E-state index is 0. The molecule has 0 atom stereocenters. The summed E-state index contributed by atoms with van der Waals surface area (Å²) in [6.45, 7) is 0. The van der Waals surface area contributed by atoms with Crippen LogP contribution in [0.4, 0.5) is 5.69 Å². The standard InChI is InChI=1S/C8H9NO2.C5H8O.K/c1-9-7-4-2-6(3-5-7)8(10)11;6-4-5-2-1-3-5;/h2-5,9H,1H3,(H,10,11);4-5H,1-3H2;/q;;+1/p-1. The number of carboxylic acid groups (broad SMARTS) is 1. The van der Waals surface area contributed by atoms with Crippen LogP contribution in [0.5, 0.6) is 0 Å². The summed E-state index contributed by atoms with van der Waals surface area (Å²) in [5, 5.41) is 13.1. The molecule has 0 saturated heterocycles. The third-order valence-electron chi connectivity index (χ3n) is 2.75. The first-order chi connectivity index (χ1) is 8.17. The van der Waals surface area contributed by atoms with Crippen molar-refractivity contribution in [1.29, 1.82) is 0 Å². The second-order valence-electron chi connectivity index (χ2n) is 3.94. The summed E-state index contributed by atoms with van der Waals surface area (Å²) >= 11 is 0. The van der Waals surface area contributed by atoms with E-state index in [-0.39, 0.29) is 56.9 Å². The van der Waals surface area contributed by atoms with Crippen molar-refractivity contribution in [3.63, 3.8) is 0 Å². The summed E-state index contributed by atoms with van der Waals surface area (Å²) in [6.07, 6.45) is 4.61. The Morgan fingerprint density at radius 2 is 1.89 bits per heavy atom. The molecule has 1 saturated carbocycles. The van der Waals surface area contributed by atoms with Crippen molar-refractivity contribution in [1.82, 2.24) is 0 Å². The number of aldehydes is 1. The van der Waals surface area contributed by atoms with Crippen LogP contribution in [0.3, 0.4) is 0 Å². The van der Waals surface area contributed by atoms with E-state index in [1.165, 1.54) is 18.6 Å². The van der Waals surface area contributed by atoms with Crippen LogP contribution in [0.15, 0.2) is 24.3 Å². The predicted octanol–water partition coefficient (Wildman–Crippen LogP) is -1.92. The number of nitrogens with one attached hydrogen (secondary N) is 1. The minimum Gasteiger partial charge on any atom is -0.545 e. The maximum Gasteiger partial charge on any atom is 1.00 e. The van der Waals surface area contributed by atoms with Gasteiger partial charge in [-0.15, -0.1) is 0 Å². The molecular formula is C13H16KNO3. The Labute approximate surface area is 150 Å². The molecule has 1 aromatic rings. The van der Waals surface area contributed by atoms with E-state index in [2.05, 4.69) is 5.32 Å². The van der Waals surface area contributed by atoms with Crippen LogP contribution in [0, 0.1) is 5.92 Å². The number of anilines is 1. The van der Waals surface area contributed by atoms with Crippen LogP contribution in [0.2, 0.25) is 0 Å². The molecule has 0 amide bonds. The first-order valence-electron chi connectivity index (χ1n) is 5.62. The van der Waals surface area contributed by atoms with Crippen molar-refractivity contribution in [2.75, 3.05) is 12.4 Å². The summed E-state index contributed by atoms with van der Waals surface area (Å²) < 4.78 is 0. The Bertz CT molecular complexity index is 374. The van der Waals surface area contributed by atoms with Gasteiger partial charge in [0.05, 0.1) is 5.97 Å². The quantitative estimate of drug-likeness (QED) is 0.515. The van der Waals surface area contributed by atoms with E-state index in [4.69, 9.17) is 0 Å². The third kappa shape index (κ3) is 6.11. The SMILES string of the molecule is CNc1ccc(C(=O)[O-])cc1.O=CC1CCC1.[K+]. The van der Waals surface area contributed by atoms with E-state index in [1.807, 2.05) is 0 Å². The van der Waals surface area contributed by atoms with E-state index in [0.717, 1.165) is 24.8 Å². The molecule has 4 nitrogen and oxygen atoms in total. The fourth-order valence-corrected chi connectivity index (χ4v) is 1.35. The van der Waals surface area contributed by atoms with Crippen molar-refractivity contribution in [3.8, 4) is 0 Å². The number of carbonyl (C=O) groups is 2. The number of benzene rings is 1. The van der Waals surface area contributed by atoms with E-state index in [0.29, 0.717) is 5.92 Å². The molecule has 0 aromatic heterocycles. The summed E-state index contributed by atoms with van der Waals surface area (Å²) in [4.78, 5) is 20.1. The topological polar surface area (TPSA) is 69.2 Å². The number of rotatable bonds is 3. The molecule has 0 radical (unpaired) electrons. The molecule has 1 aromatic carbocycles. The van der Waals surface area contributed by atoms with Crippen molar-refractivity contribution >= 4 is 17.9 Å². The second-order valence-corrected chi connectivity index (χ2v) is 3.94. The van der Waals surface area contributed by atoms with E-state index in [9.17, 15) is 14.7 Å². The van der Waals surface area contributed by atoms with E-state index in [1.54, 1.807) is 19.2 Å². The number of hydrogen-bond donors (Lipinski definition) is 1. The van der Waals surface area contributed by atoms with Crippen LogP contribution >= 0.6 is 0 Å². The van der Waals surface area contributed by atoms with Gasteiger partial charge in [0.1, 0.15) is 6.29 Å². The van der Waals surface area contributed by atoms with Gasteiger partial charge in [-0.2, -0.15) is 0 Å². The number of aromatic carboxylic acids is 1. The van der Waals surface area contributed by atoms with Crippen molar-refractivity contribution in [2.45, 2.75) is 19.3 Å². The normalized spacial score (nSPS) is 13.2. The molecule has 0 spiro atoms. The first-order valence-corrected chi connectivity index (χ1v) is 5.62. The third-order valence-corrected chi connectivity index (χ3v) is 2.75. The van der Waals surface area contributed by atoms with Gasteiger partial charge in [0.15, 0.2) is 0 Å². The van der Waals surface area contributed by atoms with Crippen LogP contribution in [0.1, 0.15) is 29.6 Å². The number of hydrogen-bond acceptors (Lipinski definition) is 4. The van der Waals surface area contributed by atoms with Gasteiger partial charge in [-0.3, -0.25) is 0 Å².